The number of rotatable bonds is 3. The maximum atomic E-state index is 12.5. The number of methoxy groups -OCH3 is 1. The summed E-state index contributed by atoms with van der Waals surface area (Å²) < 4.78 is 5.11. The second-order valence-corrected chi connectivity index (χ2v) is 5.19. The molecule has 0 N–H and O–H groups in total. The van der Waals surface area contributed by atoms with Gasteiger partial charge in [0, 0.05) is 24.0 Å². The number of nitrogens with zero attached hydrogens (tertiary/aromatic N) is 1. The van der Waals surface area contributed by atoms with Gasteiger partial charge in [-0.05, 0) is 37.1 Å². The van der Waals surface area contributed by atoms with E-state index in [0.29, 0.717) is 11.4 Å². The second-order valence-electron chi connectivity index (χ2n) is 4.88. The molecule has 0 spiro atoms. The number of carbonyl (C=O) groups is 1. The van der Waals surface area contributed by atoms with Gasteiger partial charge in [-0.25, -0.2) is 0 Å². The zero-order chi connectivity index (χ0) is 13.7. The Labute approximate surface area is 119 Å². The van der Waals surface area contributed by atoms with E-state index in [1.165, 1.54) is 6.42 Å². The Balaban J connectivity index is 2.15. The predicted molar refractivity (Wildman–Crippen MR) is 77.0 cm³/mol. The molecule has 1 saturated heterocycles. The maximum absolute atomic E-state index is 12.5. The average Bonchev–Trinajstić information content (AvgIpc) is 2.71. The molecule has 1 atom stereocenters. The van der Waals surface area contributed by atoms with E-state index in [0.717, 1.165) is 31.6 Å². The highest BCUT2D eigenvalue weighted by Gasteiger charge is 2.25. The van der Waals surface area contributed by atoms with Crippen molar-refractivity contribution in [2.45, 2.75) is 31.7 Å². The molecule has 0 radical (unpaired) electrons. The number of hydrogen-bond acceptors (Lipinski definition) is 2. The highest BCUT2D eigenvalue weighted by atomic mass is 35.5. The van der Waals surface area contributed by atoms with Gasteiger partial charge in [-0.1, -0.05) is 12.8 Å². The van der Waals surface area contributed by atoms with Crippen molar-refractivity contribution in [3.8, 4) is 5.75 Å². The van der Waals surface area contributed by atoms with Crippen LogP contribution in [0.15, 0.2) is 24.3 Å². The smallest absolute Gasteiger partial charge is 0.254 e. The minimum atomic E-state index is 0.0789. The molecule has 4 heteroatoms. The summed E-state index contributed by atoms with van der Waals surface area (Å²) in [7, 11) is 1.62. The van der Waals surface area contributed by atoms with Crippen molar-refractivity contribution >= 4 is 17.5 Å². The summed E-state index contributed by atoms with van der Waals surface area (Å²) in [5, 5.41) is 0. The molecular formula is C15H20ClNO2. The topological polar surface area (TPSA) is 29.5 Å². The van der Waals surface area contributed by atoms with Crippen LogP contribution in [-0.4, -0.2) is 36.4 Å². The van der Waals surface area contributed by atoms with Gasteiger partial charge in [0.15, 0.2) is 0 Å². The van der Waals surface area contributed by atoms with Crippen molar-refractivity contribution in [3.63, 3.8) is 0 Å². The Bertz CT molecular complexity index is 419. The number of ether oxygens (including phenoxy) is 1. The Hall–Kier alpha value is -1.22. The molecule has 1 aromatic rings. The van der Waals surface area contributed by atoms with Gasteiger partial charge in [-0.3, -0.25) is 4.79 Å². The summed E-state index contributed by atoms with van der Waals surface area (Å²) in [6.45, 7) is 0.808. The van der Waals surface area contributed by atoms with E-state index >= 15 is 0 Å². The van der Waals surface area contributed by atoms with E-state index in [9.17, 15) is 4.79 Å². The SMILES string of the molecule is COc1ccc(C(=O)N2CCCCCC2CCl)cc1. The minimum Gasteiger partial charge on any atom is -0.497 e. The van der Waals surface area contributed by atoms with E-state index in [2.05, 4.69) is 0 Å². The van der Waals surface area contributed by atoms with Crippen LogP contribution in [0.3, 0.4) is 0 Å². The van der Waals surface area contributed by atoms with Crippen LogP contribution < -0.4 is 4.74 Å². The molecule has 1 fully saturated rings. The van der Waals surface area contributed by atoms with Gasteiger partial charge in [0.25, 0.3) is 5.91 Å². The molecule has 0 aromatic heterocycles. The lowest BCUT2D eigenvalue weighted by Crippen LogP contribution is -2.41. The Morgan fingerprint density at radius 2 is 2.05 bits per heavy atom. The van der Waals surface area contributed by atoms with Gasteiger partial charge in [-0.15, -0.1) is 11.6 Å². The number of amides is 1. The van der Waals surface area contributed by atoms with Gasteiger partial charge in [0.2, 0.25) is 0 Å². The van der Waals surface area contributed by atoms with Crippen molar-refractivity contribution in [3.05, 3.63) is 29.8 Å². The molecule has 2 rings (SSSR count). The molecule has 0 aliphatic carbocycles. The third-order valence-corrected chi connectivity index (χ3v) is 4.01. The number of halogens is 1. The molecule has 1 aromatic carbocycles. The number of hydrogen-bond donors (Lipinski definition) is 0. The molecule has 19 heavy (non-hydrogen) atoms. The fraction of sp³-hybridized carbons (Fsp3) is 0.533. The second kappa shape index (κ2) is 6.80. The molecule has 104 valence electrons. The first-order valence-corrected chi connectivity index (χ1v) is 7.30. The predicted octanol–water partition coefficient (Wildman–Crippen LogP) is 3.32. The first kappa shape index (κ1) is 14.2. The van der Waals surface area contributed by atoms with Crippen LogP contribution >= 0.6 is 11.6 Å². The van der Waals surface area contributed by atoms with Gasteiger partial charge in [-0.2, -0.15) is 0 Å². The molecule has 1 amide bonds. The number of carbonyl (C=O) groups excluding carboxylic acids is 1. The summed E-state index contributed by atoms with van der Waals surface area (Å²) in [5.74, 6) is 1.36. The van der Waals surface area contributed by atoms with Crippen LogP contribution in [0.1, 0.15) is 36.0 Å². The number of benzene rings is 1. The fourth-order valence-corrected chi connectivity index (χ4v) is 2.83. The summed E-state index contributed by atoms with van der Waals surface area (Å²) in [6, 6.07) is 7.44. The highest BCUT2D eigenvalue weighted by Crippen LogP contribution is 2.21. The zero-order valence-electron chi connectivity index (χ0n) is 11.3. The van der Waals surface area contributed by atoms with Crippen molar-refractivity contribution < 1.29 is 9.53 Å². The molecule has 3 nitrogen and oxygen atoms in total. The van der Waals surface area contributed by atoms with E-state index in [1.807, 2.05) is 29.2 Å². The van der Waals surface area contributed by atoms with Crippen molar-refractivity contribution in [2.24, 2.45) is 0 Å². The highest BCUT2D eigenvalue weighted by molar-refractivity contribution is 6.18. The summed E-state index contributed by atoms with van der Waals surface area (Å²) in [4.78, 5) is 14.5. The fourth-order valence-electron chi connectivity index (χ4n) is 2.50. The van der Waals surface area contributed by atoms with Crippen molar-refractivity contribution in [2.75, 3.05) is 19.5 Å². The first-order valence-electron chi connectivity index (χ1n) is 6.77. The van der Waals surface area contributed by atoms with Crippen LogP contribution in [0, 0.1) is 0 Å². The summed E-state index contributed by atoms with van der Waals surface area (Å²) in [6.07, 6.45) is 4.41. The molecule has 1 heterocycles. The zero-order valence-corrected chi connectivity index (χ0v) is 12.0. The van der Waals surface area contributed by atoms with E-state index in [4.69, 9.17) is 16.3 Å². The Morgan fingerprint density at radius 3 is 2.68 bits per heavy atom. The van der Waals surface area contributed by atoms with Crippen LogP contribution in [0.25, 0.3) is 0 Å². The average molecular weight is 282 g/mol. The lowest BCUT2D eigenvalue weighted by Gasteiger charge is -2.28. The Morgan fingerprint density at radius 1 is 1.32 bits per heavy atom. The van der Waals surface area contributed by atoms with Gasteiger partial charge < -0.3 is 9.64 Å². The van der Waals surface area contributed by atoms with Crippen molar-refractivity contribution in [1.82, 2.24) is 4.90 Å². The van der Waals surface area contributed by atoms with Crippen molar-refractivity contribution in [1.29, 1.82) is 0 Å². The molecular weight excluding hydrogens is 262 g/mol. The Kier molecular flexibility index (Phi) is 5.08. The lowest BCUT2D eigenvalue weighted by atomic mass is 10.1. The largest absolute Gasteiger partial charge is 0.497 e. The summed E-state index contributed by atoms with van der Waals surface area (Å²) >= 11 is 6.01. The standard InChI is InChI=1S/C15H20ClNO2/c1-19-14-8-6-12(7-9-14)15(18)17-10-4-2-3-5-13(17)11-16/h6-9,13H,2-5,10-11H2,1H3. The van der Waals surface area contributed by atoms with Crippen LogP contribution in [0.4, 0.5) is 0 Å². The molecule has 0 saturated carbocycles. The third kappa shape index (κ3) is 3.41. The minimum absolute atomic E-state index is 0.0789. The molecule has 1 unspecified atom stereocenters. The molecule has 1 aliphatic heterocycles. The number of likely N-dealkylation sites (tertiary alicyclic amines) is 1. The number of alkyl halides is 1. The van der Waals surface area contributed by atoms with Gasteiger partial charge in [0.1, 0.15) is 5.75 Å². The van der Waals surface area contributed by atoms with E-state index in [-0.39, 0.29) is 11.9 Å². The van der Waals surface area contributed by atoms with Gasteiger partial charge in [0.05, 0.1) is 7.11 Å². The molecule has 0 bridgehead atoms. The maximum Gasteiger partial charge on any atom is 0.254 e. The quantitative estimate of drug-likeness (QED) is 0.796. The van der Waals surface area contributed by atoms with Crippen LogP contribution in [0.2, 0.25) is 0 Å². The monoisotopic (exact) mass is 281 g/mol. The normalized spacial score (nSPS) is 19.9. The summed E-state index contributed by atoms with van der Waals surface area (Å²) in [5.41, 5.74) is 0.706. The molecule has 1 aliphatic rings. The van der Waals surface area contributed by atoms with Crippen LogP contribution in [-0.2, 0) is 0 Å². The third-order valence-electron chi connectivity index (χ3n) is 3.65. The van der Waals surface area contributed by atoms with E-state index < -0.39 is 0 Å². The van der Waals surface area contributed by atoms with Crippen LogP contribution in [0.5, 0.6) is 5.75 Å². The lowest BCUT2D eigenvalue weighted by molar-refractivity contribution is 0.0700. The van der Waals surface area contributed by atoms with Gasteiger partial charge >= 0.3 is 0 Å². The van der Waals surface area contributed by atoms with E-state index in [1.54, 1.807) is 7.11 Å². The first-order chi connectivity index (χ1) is 9.26.